The third-order valence-electron chi connectivity index (χ3n) is 3.73. The number of piperidine rings is 1. The predicted octanol–water partition coefficient (Wildman–Crippen LogP) is 3.45. The molecule has 0 amide bonds. The molecule has 21 heavy (non-hydrogen) atoms. The molecular formula is C17H26N2OS. The summed E-state index contributed by atoms with van der Waals surface area (Å²) in [5.74, 6) is 0. The molecule has 0 saturated carbocycles. The second-order valence-corrected chi connectivity index (χ2v) is 5.92. The number of hydrogen-bond acceptors (Lipinski definition) is 4. The quantitative estimate of drug-likeness (QED) is 0.811. The van der Waals surface area contributed by atoms with Crippen molar-refractivity contribution in [1.29, 1.82) is 0 Å². The number of rotatable bonds is 0. The minimum absolute atomic E-state index is 0.522. The zero-order valence-electron chi connectivity index (χ0n) is 13.2. The van der Waals surface area contributed by atoms with Crippen LogP contribution in [-0.4, -0.2) is 36.9 Å². The fourth-order valence-corrected chi connectivity index (χ4v) is 3.38. The molecule has 0 radical (unpaired) electrons. The molecule has 116 valence electrons. The molecule has 3 nitrogen and oxygen atoms in total. The van der Waals surface area contributed by atoms with Crippen LogP contribution < -0.4 is 5.73 Å². The highest BCUT2D eigenvalue weighted by Crippen LogP contribution is 2.28. The fourth-order valence-electron chi connectivity index (χ4n) is 2.49. The number of hydrogen-bond donors (Lipinski definition) is 1. The van der Waals surface area contributed by atoms with Crippen LogP contribution >= 0.6 is 11.3 Å². The first-order chi connectivity index (χ1) is 10.2. The first-order valence-electron chi connectivity index (χ1n) is 7.46. The van der Waals surface area contributed by atoms with Crippen molar-refractivity contribution in [3.63, 3.8) is 0 Å². The molecule has 2 N–H and O–H groups in total. The van der Waals surface area contributed by atoms with Crippen LogP contribution in [0, 0.1) is 6.92 Å². The third kappa shape index (κ3) is 4.37. The van der Waals surface area contributed by atoms with Gasteiger partial charge in [-0.15, -0.1) is 11.3 Å². The number of carbonyl (C=O) groups excluding carboxylic acids is 1. The van der Waals surface area contributed by atoms with Crippen LogP contribution in [0.4, 0.5) is 0 Å². The SMILES string of the molecule is C=O.CC.Cc1ccc2ccsc2c1.NC1CN2CCC12. The van der Waals surface area contributed by atoms with E-state index in [0.717, 1.165) is 12.6 Å². The minimum Gasteiger partial charge on any atom is -0.325 e. The second-order valence-electron chi connectivity index (χ2n) is 4.98. The molecule has 3 heterocycles. The van der Waals surface area contributed by atoms with Crippen molar-refractivity contribution in [2.45, 2.75) is 39.3 Å². The number of carbonyl (C=O) groups is 1. The predicted molar refractivity (Wildman–Crippen MR) is 93.0 cm³/mol. The molecule has 0 spiro atoms. The van der Waals surface area contributed by atoms with Crippen molar-refractivity contribution < 1.29 is 4.79 Å². The first kappa shape index (κ1) is 17.8. The van der Waals surface area contributed by atoms with Crippen molar-refractivity contribution in [2.75, 3.05) is 13.1 Å². The summed E-state index contributed by atoms with van der Waals surface area (Å²) in [6, 6.07) is 10.0. The van der Waals surface area contributed by atoms with E-state index in [-0.39, 0.29) is 0 Å². The smallest absolute Gasteiger partial charge is 0.106 e. The van der Waals surface area contributed by atoms with Gasteiger partial charge in [0.15, 0.2) is 0 Å². The Morgan fingerprint density at radius 2 is 2.00 bits per heavy atom. The van der Waals surface area contributed by atoms with Crippen LogP contribution in [0.3, 0.4) is 0 Å². The molecule has 2 saturated heterocycles. The van der Waals surface area contributed by atoms with E-state index in [1.807, 2.05) is 20.6 Å². The van der Waals surface area contributed by atoms with Crippen molar-refractivity contribution >= 4 is 28.2 Å². The molecule has 1 aromatic heterocycles. The van der Waals surface area contributed by atoms with E-state index in [1.54, 1.807) is 11.3 Å². The largest absolute Gasteiger partial charge is 0.325 e. The van der Waals surface area contributed by atoms with Gasteiger partial charge in [0.25, 0.3) is 0 Å². The Kier molecular flexibility index (Phi) is 7.57. The maximum absolute atomic E-state index is 8.00. The van der Waals surface area contributed by atoms with Crippen LogP contribution in [0.15, 0.2) is 29.6 Å². The van der Waals surface area contributed by atoms with Crippen molar-refractivity contribution in [2.24, 2.45) is 5.73 Å². The number of nitrogens with zero attached hydrogens (tertiary/aromatic N) is 1. The Morgan fingerprint density at radius 1 is 1.29 bits per heavy atom. The maximum atomic E-state index is 8.00. The highest BCUT2D eigenvalue weighted by atomic mass is 32.1. The molecule has 2 fully saturated rings. The van der Waals surface area contributed by atoms with Gasteiger partial charge < -0.3 is 10.5 Å². The number of benzene rings is 1. The fraction of sp³-hybridized carbons (Fsp3) is 0.471. The number of nitrogens with two attached hydrogens (primary N) is 1. The van der Waals surface area contributed by atoms with Gasteiger partial charge in [0, 0.05) is 29.9 Å². The van der Waals surface area contributed by atoms with Crippen molar-refractivity contribution in [3.8, 4) is 0 Å². The molecule has 2 aromatic rings. The molecule has 1 aromatic carbocycles. The van der Waals surface area contributed by atoms with E-state index >= 15 is 0 Å². The zero-order chi connectivity index (χ0) is 15.8. The molecule has 0 bridgehead atoms. The second kappa shape index (κ2) is 8.93. The summed E-state index contributed by atoms with van der Waals surface area (Å²) in [4.78, 5) is 10.4. The van der Waals surface area contributed by atoms with Crippen LogP contribution in [0.1, 0.15) is 25.8 Å². The van der Waals surface area contributed by atoms with E-state index in [0.29, 0.717) is 6.04 Å². The average molecular weight is 306 g/mol. The number of aryl methyl sites for hydroxylation is 1. The molecular weight excluding hydrogens is 280 g/mol. The first-order valence-corrected chi connectivity index (χ1v) is 8.34. The summed E-state index contributed by atoms with van der Waals surface area (Å²) in [5.41, 5.74) is 6.96. The van der Waals surface area contributed by atoms with Crippen molar-refractivity contribution in [1.82, 2.24) is 4.90 Å². The summed E-state index contributed by atoms with van der Waals surface area (Å²) in [7, 11) is 0. The average Bonchev–Trinajstić information content (AvgIpc) is 2.96. The molecule has 0 aliphatic carbocycles. The number of fused-ring (bicyclic) bond motifs is 2. The van der Waals surface area contributed by atoms with E-state index < -0.39 is 0 Å². The van der Waals surface area contributed by atoms with Crippen LogP contribution in [-0.2, 0) is 4.79 Å². The van der Waals surface area contributed by atoms with Gasteiger partial charge in [-0.2, -0.15) is 0 Å². The van der Waals surface area contributed by atoms with Crippen molar-refractivity contribution in [3.05, 3.63) is 35.2 Å². The van der Waals surface area contributed by atoms with E-state index in [9.17, 15) is 0 Å². The lowest BCUT2D eigenvalue weighted by Crippen LogP contribution is -2.71. The third-order valence-corrected chi connectivity index (χ3v) is 4.61. The monoisotopic (exact) mass is 306 g/mol. The lowest BCUT2D eigenvalue weighted by molar-refractivity contribution is -0.0979. The summed E-state index contributed by atoms with van der Waals surface area (Å²) in [5, 5.41) is 3.49. The van der Waals surface area contributed by atoms with Gasteiger partial charge in [-0.25, -0.2) is 0 Å². The molecule has 2 atom stereocenters. The molecule has 2 aliphatic heterocycles. The Balaban J connectivity index is 0.000000176. The standard InChI is InChI=1S/C9H8S.C5H10N2.C2H6.CH2O/c1-7-2-3-8-4-5-10-9(8)6-7;6-4-3-7-2-1-5(4)7;2*1-2/h2-6H,1H3;4-5H,1-3,6H2;1-2H3;1H2. The highest BCUT2D eigenvalue weighted by molar-refractivity contribution is 7.17. The lowest BCUT2D eigenvalue weighted by Gasteiger charge is -2.54. The van der Waals surface area contributed by atoms with E-state index in [4.69, 9.17) is 10.5 Å². The maximum Gasteiger partial charge on any atom is 0.106 e. The van der Waals surface area contributed by atoms with Gasteiger partial charge in [0.2, 0.25) is 0 Å². The zero-order valence-corrected chi connectivity index (χ0v) is 14.0. The Bertz CT molecular complexity index is 536. The lowest BCUT2D eigenvalue weighted by atomic mass is 9.86. The summed E-state index contributed by atoms with van der Waals surface area (Å²) >= 11 is 1.80. The van der Waals surface area contributed by atoms with Crippen LogP contribution in [0.2, 0.25) is 0 Å². The van der Waals surface area contributed by atoms with E-state index in [1.165, 1.54) is 28.6 Å². The highest BCUT2D eigenvalue weighted by Gasteiger charge is 2.42. The Hall–Kier alpha value is -1.23. The van der Waals surface area contributed by atoms with Gasteiger partial charge in [0.1, 0.15) is 6.79 Å². The normalized spacial score (nSPS) is 21.9. The Morgan fingerprint density at radius 3 is 2.43 bits per heavy atom. The van der Waals surface area contributed by atoms with Gasteiger partial charge in [-0.1, -0.05) is 26.0 Å². The number of thiophene rings is 1. The summed E-state index contributed by atoms with van der Waals surface area (Å²) < 4.78 is 1.39. The minimum atomic E-state index is 0.522. The van der Waals surface area contributed by atoms with Gasteiger partial charge in [0.05, 0.1) is 0 Å². The summed E-state index contributed by atoms with van der Waals surface area (Å²) in [6.07, 6.45) is 1.35. The topological polar surface area (TPSA) is 46.3 Å². The van der Waals surface area contributed by atoms with E-state index in [2.05, 4.69) is 41.5 Å². The Labute approximate surface area is 131 Å². The van der Waals surface area contributed by atoms with Gasteiger partial charge in [-0.3, -0.25) is 4.90 Å². The molecule has 4 heteroatoms. The molecule has 2 aliphatic rings. The van der Waals surface area contributed by atoms with Gasteiger partial charge >= 0.3 is 0 Å². The van der Waals surface area contributed by atoms with Gasteiger partial charge in [-0.05, 0) is 41.8 Å². The molecule has 4 rings (SSSR count). The van der Waals surface area contributed by atoms with Crippen LogP contribution in [0.25, 0.3) is 10.1 Å². The van der Waals surface area contributed by atoms with Crippen LogP contribution in [0.5, 0.6) is 0 Å². The molecule has 2 unspecified atom stereocenters. The summed E-state index contributed by atoms with van der Waals surface area (Å²) in [6.45, 7) is 10.6.